The predicted molar refractivity (Wildman–Crippen MR) is 105 cm³/mol. The molecule has 3 rings (SSSR count). The van der Waals surface area contributed by atoms with Crippen LogP contribution in [0.3, 0.4) is 0 Å². The van der Waals surface area contributed by atoms with Crippen LogP contribution in [0.5, 0.6) is 5.75 Å². The molecule has 1 aromatic heterocycles. The molecule has 0 unspecified atom stereocenters. The van der Waals surface area contributed by atoms with Gasteiger partial charge < -0.3 is 19.5 Å². The van der Waals surface area contributed by atoms with Gasteiger partial charge in [-0.1, -0.05) is 24.3 Å². The molecule has 0 aliphatic rings. The molecular weight excluding hydrogens is 401 g/mol. The third-order valence-corrected chi connectivity index (χ3v) is 4.04. The van der Waals surface area contributed by atoms with E-state index in [4.69, 9.17) is 14.9 Å². The Bertz CT molecular complexity index is 953. The van der Waals surface area contributed by atoms with E-state index >= 15 is 0 Å². The first-order valence-corrected chi connectivity index (χ1v) is 9.33. The van der Waals surface area contributed by atoms with Crippen molar-refractivity contribution < 1.29 is 32.9 Å². The van der Waals surface area contributed by atoms with Gasteiger partial charge in [0.15, 0.2) is 0 Å². The average Bonchev–Trinajstić information content (AvgIpc) is 3.07. The van der Waals surface area contributed by atoms with Gasteiger partial charge in [0.1, 0.15) is 12.4 Å². The summed E-state index contributed by atoms with van der Waals surface area (Å²) < 4.78 is 46.4. The minimum Gasteiger partial charge on any atom is -0.492 e. The SMILES string of the molecule is CCO.O=C(O)CCc1ccc(OCCn2c(C(F)(F)F)nc3ccccc32)cc1. The summed E-state index contributed by atoms with van der Waals surface area (Å²) in [4.78, 5) is 14.3. The van der Waals surface area contributed by atoms with Crippen LogP contribution in [0.2, 0.25) is 0 Å². The fourth-order valence-electron chi connectivity index (χ4n) is 2.78. The second-order valence-electron chi connectivity index (χ2n) is 6.28. The Morgan fingerprint density at radius 1 is 1.13 bits per heavy atom. The van der Waals surface area contributed by atoms with Crippen molar-refractivity contribution in [2.24, 2.45) is 0 Å². The average molecular weight is 424 g/mol. The van der Waals surface area contributed by atoms with Crippen molar-refractivity contribution >= 4 is 17.0 Å². The number of fused-ring (bicyclic) bond motifs is 1. The fourth-order valence-corrected chi connectivity index (χ4v) is 2.78. The third kappa shape index (κ3) is 6.48. The van der Waals surface area contributed by atoms with Crippen molar-refractivity contribution in [2.45, 2.75) is 32.5 Å². The van der Waals surface area contributed by atoms with Crippen molar-refractivity contribution in [1.29, 1.82) is 0 Å². The molecule has 0 spiro atoms. The predicted octanol–water partition coefficient (Wildman–Crippen LogP) is 4.15. The molecule has 0 saturated heterocycles. The van der Waals surface area contributed by atoms with E-state index in [1.807, 2.05) is 0 Å². The van der Waals surface area contributed by atoms with Gasteiger partial charge in [-0.2, -0.15) is 13.2 Å². The number of carboxylic acid groups (broad SMARTS) is 1. The first-order chi connectivity index (χ1) is 14.3. The Morgan fingerprint density at radius 3 is 2.37 bits per heavy atom. The molecule has 2 N–H and O–H groups in total. The number of halogens is 3. The summed E-state index contributed by atoms with van der Waals surface area (Å²) in [6.45, 7) is 1.97. The Morgan fingerprint density at radius 2 is 1.77 bits per heavy atom. The molecular formula is C21H23F3N2O4. The van der Waals surface area contributed by atoms with E-state index in [0.717, 1.165) is 10.1 Å². The van der Waals surface area contributed by atoms with Crippen LogP contribution < -0.4 is 4.74 Å². The second kappa shape index (κ2) is 10.6. The van der Waals surface area contributed by atoms with Gasteiger partial charge in [0.2, 0.25) is 5.82 Å². The molecule has 0 amide bonds. The Labute approximate surface area is 171 Å². The molecule has 30 heavy (non-hydrogen) atoms. The molecule has 9 heteroatoms. The number of hydrogen-bond donors (Lipinski definition) is 2. The van der Waals surface area contributed by atoms with E-state index in [2.05, 4.69) is 4.98 Å². The topological polar surface area (TPSA) is 84.6 Å². The van der Waals surface area contributed by atoms with Gasteiger partial charge in [0.25, 0.3) is 0 Å². The smallest absolute Gasteiger partial charge is 0.449 e. The Balaban J connectivity index is 0.00000101. The van der Waals surface area contributed by atoms with Crippen molar-refractivity contribution in [3.8, 4) is 5.75 Å². The highest BCUT2D eigenvalue weighted by atomic mass is 19.4. The van der Waals surface area contributed by atoms with Gasteiger partial charge in [-0.25, -0.2) is 4.98 Å². The van der Waals surface area contributed by atoms with Gasteiger partial charge in [-0.3, -0.25) is 4.79 Å². The van der Waals surface area contributed by atoms with Crippen LogP contribution >= 0.6 is 0 Å². The fraction of sp³-hybridized carbons (Fsp3) is 0.333. The van der Waals surface area contributed by atoms with Gasteiger partial charge in [0.05, 0.1) is 17.6 Å². The number of rotatable bonds is 7. The van der Waals surface area contributed by atoms with E-state index in [-0.39, 0.29) is 31.7 Å². The summed E-state index contributed by atoms with van der Waals surface area (Å²) in [5, 5.41) is 16.2. The van der Waals surface area contributed by atoms with Gasteiger partial charge in [-0.05, 0) is 43.2 Å². The quantitative estimate of drug-likeness (QED) is 0.595. The molecule has 6 nitrogen and oxygen atoms in total. The Kier molecular flexibility index (Phi) is 8.23. The van der Waals surface area contributed by atoms with Crippen LogP contribution in [0, 0.1) is 0 Å². The highest BCUT2D eigenvalue weighted by Crippen LogP contribution is 2.31. The van der Waals surface area contributed by atoms with Gasteiger partial charge in [0, 0.05) is 13.0 Å². The zero-order valence-corrected chi connectivity index (χ0v) is 16.4. The van der Waals surface area contributed by atoms with Crippen molar-refractivity contribution in [1.82, 2.24) is 9.55 Å². The molecule has 3 aromatic rings. The van der Waals surface area contributed by atoms with E-state index in [1.54, 1.807) is 49.4 Å². The zero-order valence-electron chi connectivity index (χ0n) is 16.4. The summed E-state index contributed by atoms with van der Waals surface area (Å²) in [7, 11) is 0. The zero-order chi connectivity index (χ0) is 22.1. The molecule has 2 aromatic carbocycles. The number of ether oxygens (including phenoxy) is 1. The first kappa shape index (κ1) is 23.2. The summed E-state index contributed by atoms with van der Waals surface area (Å²) in [5.74, 6) is -1.31. The van der Waals surface area contributed by atoms with Gasteiger partial charge in [-0.15, -0.1) is 0 Å². The molecule has 0 radical (unpaired) electrons. The number of carbonyl (C=O) groups is 1. The van der Waals surface area contributed by atoms with Gasteiger partial charge >= 0.3 is 12.1 Å². The van der Waals surface area contributed by atoms with E-state index < -0.39 is 18.0 Å². The molecule has 0 fully saturated rings. The number of alkyl halides is 3. The molecule has 0 aliphatic heterocycles. The van der Waals surface area contributed by atoms with Crippen LogP contribution in [0.25, 0.3) is 11.0 Å². The van der Waals surface area contributed by atoms with Crippen LogP contribution in [0.4, 0.5) is 13.2 Å². The number of para-hydroxylation sites is 2. The lowest BCUT2D eigenvalue weighted by Crippen LogP contribution is -2.18. The highest BCUT2D eigenvalue weighted by Gasteiger charge is 2.37. The summed E-state index contributed by atoms with van der Waals surface area (Å²) in [5.41, 5.74) is 1.54. The van der Waals surface area contributed by atoms with Crippen molar-refractivity contribution in [3.05, 3.63) is 59.9 Å². The number of imidazole rings is 1. The Hall–Kier alpha value is -3.07. The summed E-state index contributed by atoms with van der Waals surface area (Å²) in [6.07, 6.45) is -4.11. The first-order valence-electron chi connectivity index (χ1n) is 9.33. The van der Waals surface area contributed by atoms with E-state index in [0.29, 0.717) is 17.7 Å². The standard InChI is InChI=1S/C19H17F3N2O3.C2H6O/c20-19(21,22)18-23-15-3-1-2-4-16(15)24(18)11-12-27-14-8-5-13(6-9-14)7-10-17(25)26;1-2-3/h1-6,8-9H,7,10-12H2,(H,25,26);3H,2H2,1H3. The lowest BCUT2D eigenvalue weighted by molar-refractivity contribution is -0.147. The van der Waals surface area contributed by atoms with E-state index in [1.165, 1.54) is 6.07 Å². The maximum Gasteiger partial charge on any atom is 0.449 e. The number of aliphatic carboxylic acids is 1. The third-order valence-electron chi connectivity index (χ3n) is 4.04. The van der Waals surface area contributed by atoms with Crippen LogP contribution in [0.1, 0.15) is 24.7 Å². The van der Waals surface area contributed by atoms with Crippen molar-refractivity contribution in [3.63, 3.8) is 0 Å². The number of aromatic nitrogens is 2. The summed E-state index contributed by atoms with van der Waals surface area (Å²) >= 11 is 0. The minimum atomic E-state index is -4.55. The number of carboxylic acids is 1. The lowest BCUT2D eigenvalue weighted by Gasteiger charge is -2.12. The highest BCUT2D eigenvalue weighted by molar-refractivity contribution is 5.76. The number of aliphatic hydroxyl groups excluding tert-OH is 1. The van der Waals surface area contributed by atoms with Crippen LogP contribution in [-0.2, 0) is 23.9 Å². The number of nitrogens with zero attached hydrogens (tertiary/aromatic N) is 2. The maximum atomic E-state index is 13.2. The number of aryl methyl sites for hydroxylation is 1. The maximum absolute atomic E-state index is 13.2. The molecule has 1 heterocycles. The number of aliphatic hydroxyl groups is 1. The monoisotopic (exact) mass is 424 g/mol. The van der Waals surface area contributed by atoms with Crippen molar-refractivity contribution in [2.75, 3.05) is 13.2 Å². The van der Waals surface area contributed by atoms with Crippen LogP contribution in [0.15, 0.2) is 48.5 Å². The summed E-state index contributed by atoms with van der Waals surface area (Å²) in [6, 6.07) is 13.3. The second-order valence-corrected chi connectivity index (χ2v) is 6.28. The number of hydrogen-bond acceptors (Lipinski definition) is 4. The van der Waals surface area contributed by atoms with Crippen LogP contribution in [-0.4, -0.2) is 38.9 Å². The molecule has 0 saturated carbocycles. The molecule has 0 aliphatic carbocycles. The molecule has 0 atom stereocenters. The molecule has 0 bridgehead atoms. The largest absolute Gasteiger partial charge is 0.492 e. The minimum absolute atomic E-state index is 0.00385. The normalized spacial score (nSPS) is 11.1. The molecule has 162 valence electrons. The number of benzene rings is 2. The lowest BCUT2D eigenvalue weighted by atomic mass is 10.1. The van der Waals surface area contributed by atoms with E-state index in [9.17, 15) is 18.0 Å².